The molecule has 2 aromatic carbocycles. The van der Waals surface area contributed by atoms with Gasteiger partial charge >= 0.3 is 0 Å². The number of halogens is 2. The molecule has 2 N–H and O–H groups in total. The molecule has 0 aromatic heterocycles. The minimum absolute atomic E-state index is 0.171. The summed E-state index contributed by atoms with van der Waals surface area (Å²) < 4.78 is 27.1. The molecule has 0 radical (unpaired) electrons. The topological polar surface area (TPSA) is 26.0 Å². The Kier molecular flexibility index (Phi) is 3.32. The minimum atomic E-state index is -0.598. The number of hydrogen-bond donors (Lipinski definition) is 1. The summed E-state index contributed by atoms with van der Waals surface area (Å²) in [6.45, 7) is 4.16. The summed E-state index contributed by atoms with van der Waals surface area (Å²) >= 11 is 0. The lowest BCUT2D eigenvalue weighted by Gasteiger charge is -2.09. The third-order valence-electron chi connectivity index (χ3n) is 2.97. The molecule has 2 rings (SSSR count). The van der Waals surface area contributed by atoms with Gasteiger partial charge in [0.1, 0.15) is 11.6 Å². The highest BCUT2D eigenvalue weighted by Crippen LogP contribution is 2.27. The van der Waals surface area contributed by atoms with Crippen LogP contribution >= 0.6 is 0 Å². The van der Waals surface area contributed by atoms with Crippen LogP contribution in [0.2, 0.25) is 0 Å². The van der Waals surface area contributed by atoms with Crippen molar-refractivity contribution in [2.75, 3.05) is 5.73 Å². The van der Waals surface area contributed by atoms with E-state index in [0.29, 0.717) is 11.5 Å². The van der Waals surface area contributed by atoms with Crippen LogP contribution in [0.4, 0.5) is 14.5 Å². The lowest BCUT2D eigenvalue weighted by atomic mass is 9.98. The third-order valence-corrected chi connectivity index (χ3v) is 2.97. The molecular weight excluding hydrogens is 232 g/mol. The van der Waals surface area contributed by atoms with E-state index in [9.17, 15) is 8.78 Å². The zero-order valence-corrected chi connectivity index (χ0v) is 10.4. The van der Waals surface area contributed by atoms with Crippen LogP contribution in [0, 0.1) is 11.6 Å². The Morgan fingerprint density at radius 2 is 1.56 bits per heavy atom. The maximum absolute atomic E-state index is 13.7. The predicted molar refractivity (Wildman–Crippen MR) is 70.3 cm³/mol. The molecule has 0 aliphatic carbocycles. The van der Waals surface area contributed by atoms with Crippen LogP contribution in [0.3, 0.4) is 0 Å². The molecule has 0 aliphatic rings. The van der Waals surface area contributed by atoms with Crippen molar-refractivity contribution >= 4 is 5.69 Å². The fourth-order valence-corrected chi connectivity index (χ4v) is 1.83. The van der Waals surface area contributed by atoms with Gasteiger partial charge < -0.3 is 5.73 Å². The normalized spacial score (nSPS) is 10.9. The molecular formula is C15H15F2N. The fourth-order valence-electron chi connectivity index (χ4n) is 1.83. The second kappa shape index (κ2) is 4.77. The first-order valence-electron chi connectivity index (χ1n) is 5.84. The van der Waals surface area contributed by atoms with Crippen LogP contribution in [0.1, 0.15) is 25.3 Å². The van der Waals surface area contributed by atoms with Crippen LogP contribution in [0.15, 0.2) is 36.4 Å². The molecule has 0 atom stereocenters. The summed E-state index contributed by atoms with van der Waals surface area (Å²) in [5.41, 5.74) is 7.19. The van der Waals surface area contributed by atoms with E-state index in [-0.39, 0.29) is 11.3 Å². The molecule has 0 fully saturated rings. The quantitative estimate of drug-likeness (QED) is 0.785. The van der Waals surface area contributed by atoms with Crippen LogP contribution in [0.5, 0.6) is 0 Å². The summed E-state index contributed by atoms with van der Waals surface area (Å²) in [5, 5.41) is 0. The predicted octanol–water partition coefficient (Wildman–Crippen LogP) is 4.34. The van der Waals surface area contributed by atoms with E-state index in [1.165, 1.54) is 0 Å². The van der Waals surface area contributed by atoms with Crippen LogP contribution in [0.25, 0.3) is 11.1 Å². The molecule has 1 nitrogen and oxygen atoms in total. The van der Waals surface area contributed by atoms with Gasteiger partial charge in [-0.25, -0.2) is 8.78 Å². The molecule has 18 heavy (non-hydrogen) atoms. The first-order valence-corrected chi connectivity index (χ1v) is 5.84. The summed E-state index contributed by atoms with van der Waals surface area (Å²) in [6.07, 6.45) is 0. The highest BCUT2D eigenvalue weighted by atomic mass is 19.1. The SMILES string of the molecule is CC(C)c1ccc(-c2cc(F)c(N)cc2F)cc1. The Balaban J connectivity index is 2.46. The summed E-state index contributed by atoms with van der Waals surface area (Å²) in [4.78, 5) is 0. The second-order valence-corrected chi connectivity index (χ2v) is 4.63. The fraction of sp³-hybridized carbons (Fsp3) is 0.200. The van der Waals surface area contributed by atoms with Crippen LogP contribution in [-0.2, 0) is 0 Å². The van der Waals surface area contributed by atoms with Crippen LogP contribution < -0.4 is 5.73 Å². The van der Waals surface area contributed by atoms with Crippen molar-refractivity contribution in [3.05, 3.63) is 53.6 Å². The van der Waals surface area contributed by atoms with Gasteiger partial charge in [-0.2, -0.15) is 0 Å². The number of nitrogens with two attached hydrogens (primary N) is 1. The van der Waals surface area contributed by atoms with Crippen molar-refractivity contribution in [2.24, 2.45) is 0 Å². The van der Waals surface area contributed by atoms with Gasteiger partial charge in [0.05, 0.1) is 5.69 Å². The molecule has 0 unspecified atom stereocenters. The Labute approximate surface area is 105 Å². The highest BCUT2D eigenvalue weighted by Gasteiger charge is 2.10. The number of anilines is 1. The van der Waals surface area contributed by atoms with Gasteiger partial charge in [0.15, 0.2) is 0 Å². The molecule has 2 aromatic rings. The van der Waals surface area contributed by atoms with Crippen molar-refractivity contribution in [1.29, 1.82) is 0 Å². The molecule has 0 saturated heterocycles. The van der Waals surface area contributed by atoms with Crippen molar-refractivity contribution in [1.82, 2.24) is 0 Å². The third kappa shape index (κ3) is 2.35. The summed E-state index contributed by atoms with van der Waals surface area (Å²) in [7, 11) is 0. The van der Waals surface area contributed by atoms with Gasteiger partial charge in [0.25, 0.3) is 0 Å². The average Bonchev–Trinajstić information content (AvgIpc) is 2.34. The van der Waals surface area contributed by atoms with E-state index in [0.717, 1.165) is 17.7 Å². The van der Waals surface area contributed by atoms with E-state index in [2.05, 4.69) is 13.8 Å². The maximum atomic E-state index is 13.7. The van der Waals surface area contributed by atoms with E-state index in [1.807, 2.05) is 12.1 Å². The van der Waals surface area contributed by atoms with Gasteiger partial charge in [-0.15, -0.1) is 0 Å². The first-order chi connectivity index (χ1) is 8.49. The Morgan fingerprint density at radius 3 is 2.11 bits per heavy atom. The smallest absolute Gasteiger partial charge is 0.146 e. The van der Waals surface area contributed by atoms with Gasteiger partial charge in [-0.1, -0.05) is 38.1 Å². The summed E-state index contributed by atoms with van der Waals surface area (Å²) in [6, 6.07) is 9.59. The number of nitrogen functional groups attached to an aromatic ring is 1. The van der Waals surface area contributed by atoms with E-state index >= 15 is 0 Å². The van der Waals surface area contributed by atoms with Gasteiger partial charge in [0, 0.05) is 11.6 Å². The van der Waals surface area contributed by atoms with E-state index in [4.69, 9.17) is 5.73 Å². The Morgan fingerprint density at radius 1 is 0.944 bits per heavy atom. The standard InChI is InChI=1S/C15H15F2N/c1-9(2)10-3-5-11(6-4-10)12-7-14(17)15(18)8-13(12)16/h3-9H,18H2,1-2H3. The Hall–Kier alpha value is -1.90. The molecule has 0 heterocycles. The number of hydrogen-bond acceptors (Lipinski definition) is 1. The molecule has 0 bridgehead atoms. The van der Waals surface area contributed by atoms with E-state index in [1.54, 1.807) is 12.1 Å². The van der Waals surface area contributed by atoms with Crippen molar-refractivity contribution in [3.8, 4) is 11.1 Å². The average molecular weight is 247 g/mol. The van der Waals surface area contributed by atoms with Gasteiger partial charge in [0.2, 0.25) is 0 Å². The summed E-state index contributed by atoms with van der Waals surface area (Å²) in [5.74, 6) is -0.697. The molecule has 0 saturated carbocycles. The zero-order valence-electron chi connectivity index (χ0n) is 10.4. The van der Waals surface area contributed by atoms with E-state index < -0.39 is 11.6 Å². The van der Waals surface area contributed by atoms with Crippen molar-refractivity contribution in [3.63, 3.8) is 0 Å². The van der Waals surface area contributed by atoms with Gasteiger partial charge in [-0.05, 0) is 23.1 Å². The molecule has 94 valence electrons. The lowest BCUT2D eigenvalue weighted by Crippen LogP contribution is -1.95. The molecule has 0 aliphatic heterocycles. The van der Waals surface area contributed by atoms with Crippen LogP contribution in [-0.4, -0.2) is 0 Å². The highest BCUT2D eigenvalue weighted by molar-refractivity contribution is 5.67. The molecule has 0 spiro atoms. The Bertz CT molecular complexity index is 559. The minimum Gasteiger partial charge on any atom is -0.396 e. The monoisotopic (exact) mass is 247 g/mol. The molecule has 3 heteroatoms. The maximum Gasteiger partial charge on any atom is 0.146 e. The zero-order chi connectivity index (χ0) is 13.3. The first kappa shape index (κ1) is 12.6. The van der Waals surface area contributed by atoms with Crippen molar-refractivity contribution < 1.29 is 8.78 Å². The lowest BCUT2D eigenvalue weighted by molar-refractivity contribution is 0.607. The second-order valence-electron chi connectivity index (χ2n) is 4.63. The largest absolute Gasteiger partial charge is 0.396 e. The molecule has 0 amide bonds. The van der Waals surface area contributed by atoms with Crippen molar-refractivity contribution in [2.45, 2.75) is 19.8 Å². The number of benzene rings is 2. The number of rotatable bonds is 2. The van der Waals surface area contributed by atoms with Gasteiger partial charge in [-0.3, -0.25) is 0 Å².